The van der Waals surface area contributed by atoms with Crippen molar-refractivity contribution in [3.05, 3.63) is 94.0 Å². The molecular formula is C36H40Cl2N2O4. The maximum absolute atomic E-state index is 13.2. The molecule has 0 atom stereocenters. The Morgan fingerprint density at radius 3 is 1.32 bits per heavy atom. The molecule has 8 heteroatoms. The van der Waals surface area contributed by atoms with Crippen LogP contribution in [0.25, 0.3) is 11.1 Å². The third-order valence-electron chi connectivity index (χ3n) is 9.75. The minimum absolute atomic E-state index is 0.389. The van der Waals surface area contributed by atoms with Gasteiger partial charge in [-0.25, -0.2) is 9.59 Å². The Balaban J connectivity index is 1.15. The van der Waals surface area contributed by atoms with Gasteiger partial charge >= 0.3 is 11.9 Å². The second kappa shape index (κ2) is 13.6. The summed E-state index contributed by atoms with van der Waals surface area (Å²) in [6.45, 7) is 1.22. The van der Waals surface area contributed by atoms with Crippen LogP contribution in [0, 0.1) is 0 Å². The first-order valence-electron chi connectivity index (χ1n) is 16.0. The molecule has 2 aliphatic heterocycles. The van der Waals surface area contributed by atoms with Crippen LogP contribution >= 0.6 is 23.2 Å². The molecule has 2 aromatic rings. The molecule has 0 unspecified atom stereocenters. The van der Waals surface area contributed by atoms with Crippen LogP contribution in [-0.4, -0.2) is 46.2 Å². The predicted octanol–water partition coefficient (Wildman–Crippen LogP) is 8.75. The van der Waals surface area contributed by atoms with Gasteiger partial charge in [0.15, 0.2) is 0 Å². The second-order valence-corrected chi connectivity index (χ2v) is 13.2. The molecule has 0 saturated heterocycles. The fourth-order valence-corrected chi connectivity index (χ4v) is 8.00. The van der Waals surface area contributed by atoms with Gasteiger partial charge in [-0.3, -0.25) is 0 Å². The highest BCUT2D eigenvalue weighted by Crippen LogP contribution is 2.48. The summed E-state index contributed by atoms with van der Waals surface area (Å²) in [6.07, 6.45) is 18.7. The first-order chi connectivity index (χ1) is 21.4. The zero-order valence-electron chi connectivity index (χ0n) is 25.1. The van der Waals surface area contributed by atoms with E-state index in [1.165, 1.54) is 23.3 Å². The first kappa shape index (κ1) is 31.1. The maximum Gasteiger partial charge on any atom is 0.349 e. The molecule has 0 aromatic heterocycles. The van der Waals surface area contributed by atoms with E-state index in [2.05, 4.69) is 12.2 Å². The molecule has 6 rings (SSSR count). The monoisotopic (exact) mass is 634 g/mol. The zero-order valence-corrected chi connectivity index (χ0v) is 26.6. The Hall–Kier alpha value is -2.90. The highest BCUT2D eigenvalue weighted by atomic mass is 35.5. The molecule has 0 radical (unpaired) electrons. The lowest BCUT2D eigenvalue weighted by Crippen LogP contribution is -2.53. The Labute approximate surface area is 270 Å². The number of rotatable bonds is 6. The number of hydrogen-bond acceptors (Lipinski definition) is 6. The smallest absolute Gasteiger partial charge is 0.349 e. The lowest BCUT2D eigenvalue weighted by molar-refractivity contribution is -0.215. The third-order valence-corrected chi connectivity index (χ3v) is 10.3. The predicted molar refractivity (Wildman–Crippen MR) is 174 cm³/mol. The molecular weight excluding hydrogens is 595 g/mol. The number of halogens is 2. The van der Waals surface area contributed by atoms with Crippen molar-refractivity contribution < 1.29 is 19.3 Å². The number of nitrogens with zero attached hydrogens (tertiary/aromatic N) is 2. The van der Waals surface area contributed by atoms with E-state index in [1.807, 2.05) is 58.7 Å². The number of carbonyl (C=O) groups excluding carboxylic acids is 2. The molecule has 44 heavy (non-hydrogen) atoms. The van der Waals surface area contributed by atoms with Crippen molar-refractivity contribution in [3.63, 3.8) is 0 Å². The zero-order chi connectivity index (χ0) is 30.6. The summed E-state index contributed by atoms with van der Waals surface area (Å²) in [5.74, 6) is -1.14. The van der Waals surface area contributed by atoms with Crippen LogP contribution in [0.15, 0.2) is 72.8 Å². The lowest BCUT2D eigenvalue weighted by Gasteiger charge is -2.48. The highest BCUT2D eigenvalue weighted by Gasteiger charge is 2.47. The highest BCUT2D eigenvalue weighted by molar-refractivity contribution is 6.30. The first-order valence-corrected chi connectivity index (χ1v) is 16.8. The second-order valence-electron chi connectivity index (χ2n) is 12.4. The molecule has 6 nitrogen and oxygen atoms in total. The molecule has 4 aliphatic rings. The van der Waals surface area contributed by atoms with Crippen LogP contribution in [0.4, 0.5) is 0 Å². The van der Waals surface area contributed by atoms with E-state index >= 15 is 0 Å². The van der Waals surface area contributed by atoms with Gasteiger partial charge in [-0.2, -0.15) is 0 Å². The standard InChI is InChI=1S/C36H40Cl2N2O4/c37-29-15-11-27(12-16-29)31-9-7-25-39(35(31)21-3-1-4-22-35)43-33(41)19-20-34(42)44-40-26-8-10-32(28-13-17-30(38)18-14-28)36(40)23-5-2-6-24-36/h9-20H,1-8,21-26H2/b20-19+. The lowest BCUT2D eigenvalue weighted by atomic mass is 9.72. The van der Waals surface area contributed by atoms with Gasteiger partial charge in [-0.15, -0.1) is 10.1 Å². The van der Waals surface area contributed by atoms with Crippen LogP contribution in [-0.2, 0) is 19.3 Å². The van der Waals surface area contributed by atoms with Gasteiger partial charge in [0.1, 0.15) is 0 Å². The summed E-state index contributed by atoms with van der Waals surface area (Å²) in [5, 5.41) is 5.11. The SMILES string of the molecule is O=C(/C=C/C(=O)ON1CCC=C(c2ccc(Cl)cc2)C12CCCCC2)ON1CCC=C(c2ccc(Cl)cc2)C12CCCCC2. The number of hydroxylamine groups is 4. The average Bonchev–Trinajstić information content (AvgIpc) is 3.04. The van der Waals surface area contributed by atoms with Crippen LogP contribution in [0.3, 0.4) is 0 Å². The van der Waals surface area contributed by atoms with E-state index in [1.54, 1.807) is 0 Å². The van der Waals surface area contributed by atoms with E-state index < -0.39 is 11.9 Å². The Morgan fingerprint density at radius 1 is 0.591 bits per heavy atom. The largest absolute Gasteiger partial charge is 0.363 e. The molecule has 2 saturated carbocycles. The van der Waals surface area contributed by atoms with E-state index in [0.29, 0.717) is 23.1 Å². The molecule has 232 valence electrons. The molecule has 2 spiro atoms. The van der Waals surface area contributed by atoms with Crippen LogP contribution in [0.1, 0.15) is 88.2 Å². The van der Waals surface area contributed by atoms with Gasteiger partial charge in [0.2, 0.25) is 0 Å². The summed E-state index contributed by atoms with van der Waals surface area (Å²) in [5.41, 5.74) is 3.79. The molecule has 0 bridgehead atoms. The Morgan fingerprint density at radius 2 is 0.955 bits per heavy atom. The fraction of sp³-hybridized carbons (Fsp3) is 0.444. The maximum atomic E-state index is 13.2. The van der Waals surface area contributed by atoms with E-state index in [0.717, 1.165) is 88.2 Å². The van der Waals surface area contributed by atoms with Crippen molar-refractivity contribution in [1.29, 1.82) is 0 Å². The normalized spacial score (nSPS) is 22.0. The summed E-state index contributed by atoms with van der Waals surface area (Å²) < 4.78 is 0. The summed E-state index contributed by atoms with van der Waals surface area (Å²) in [7, 11) is 0. The molecule has 2 aromatic carbocycles. The van der Waals surface area contributed by atoms with Crippen LogP contribution < -0.4 is 0 Å². The van der Waals surface area contributed by atoms with Crippen molar-refractivity contribution in [2.45, 2.75) is 88.1 Å². The number of benzene rings is 2. The van der Waals surface area contributed by atoms with E-state index in [4.69, 9.17) is 32.9 Å². The van der Waals surface area contributed by atoms with Crippen molar-refractivity contribution in [2.75, 3.05) is 13.1 Å². The van der Waals surface area contributed by atoms with Crippen molar-refractivity contribution in [2.24, 2.45) is 0 Å². The topological polar surface area (TPSA) is 59.1 Å². The van der Waals surface area contributed by atoms with E-state index in [9.17, 15) is 9.59 Å². The summed E-state index contributed by atoms with van der Waals surface area (Å²) in [6, 6.07) is 15.8. The van der Waals surface area contributed by atoms with Gasteiger partial charge in [-0.1, -0.05) is 98.1 Å². The van der Waals surface area contributed by atoms with Gasteiger partial charge in [0.05, 0.1) is 11.1 Å². The number of carbonyl (C=O) groups is 2. The Kier molecular flexibility index (Phi) is 9.62. The van der Waals surface area contributed by atoms with Crippen molar-refractivity contribution in [1.82, 2.24) is 10.1 Å². The third kappa shape index (κ3) is 6.41. The number of hydrogen-bond donors (Lipinski definition) is 0. The van der Waals surface area contributed by atoms with Gasteiger partial charge < -0.3 is 9.68 Å². The van der Waals surface area contributed by atoms with Gasteiger partial charge in [0.25, 0.3) is 0 Å². The minimum atomic E-state index is -0.572. The van der Waals surface area contributed by atoms with Crippen molar-refractivity contribution >= 4 is 46.3 Å². The summed E-state index contributed by atoms with van der Waals surface area (Å²) >= 11 is 12.4. The molecule has 2 aliphatic carbocycles. The van der Waals surface area contributed by atoms with Crippen LogP contribution in [0.5, 0.6) is 0 Å². The fourth-order valence-electron chi connectivity index (χ4n) is 7.75. The van der Waals surface area contributed by atoms with E-state index in [-0.39, 0.29) is 11.1 Å². The average molecular weight is 636 g/mol. The quantitative estimate of drug-likeness (QED) is 0.296. The molecule has 2 fully saturated rings. The molecule has 2 heterocycles. The van der Waals surface area contributed by atoms with Gasteiger partial charge in [-0.05, 0) is 85.1 Å². The molecule has 0 N–H and O–H groups in total. The molecule has 0 amide bonds. The minimum Gasteiger partial charge on any atom is -0.363 e. The summed E-state index contributed by atoms with van der Waals surface area (Å²) in [4.78, 5) is 38.3. The van der Waals surface area contributed by atoms with Crippen molar-refractivity contribution in [3.8, 4) is 0 Å². The Bertz CT molecular complexity index is 1330. The van der Waals surface area contributed by atoms with Gasteiger partial charge in [0, 0.05) is 35.3 Å². The van der Waals surface area contributed by atoms with Crippen LogP contribution in [0.2, 0.25) is 10.0 Å².